The Labute approximate surface area is 96.5 Å². The van der Waals surface area contributed by atoms with Gasteiger partial charge in [0, 0.05) is 36.9 Å². The summed E-state index contributed by atoms with van der Waals surface area (Å²) in [7, 11) is -2.96. The van der Waals surface area contributed by atoms with Gasteiger partial charge in [-0.2, -0.15) is 11.8 Å². The largest absolute Gasteiger partial charge is 0.328 e. The van der Waals surface area contributed by atoms with Crippen LogP contribution in [0.1, 0.15) is 13.3 Å². The van der Waals surface area contributed by atoms with Gasteiger partial charge in [0.05, 0.1) is 0 Å². The molecule has 0 spiro atoms. The summed E-state index contributed by atoms with van der Waals surface area (Å²) < 4.78 is 23.1. The van der Waals surface area contributed by atoms with Gasteiger partial charge in [-0.15, -0.1) is 0 Å². The zero-order valence-corrected chi connectivity index (χ0v) is 11.0. The van der Waals surface area contributed by atoms with Crippen LogP contribution in [0.5, 0.6) is 0 Å². The van der Waals surface area contributed by atoms with Crippen molar-refractivity contribution in [2.75, 3.05) is 30.9 Å². The lowest BCUT2D eigenvalue weighted by Gasteiger charge is -2.34. The minimum absolute atomic E-state index is 0.139. The van der Waals surface area contributed by atoms with Crippen LogP contribution >= 0.6 is 11.8 Å². The Bertz CT molecular complexity index is 290. The van der Waals surface area contributed by atoms with Crippen molar-refractivity contribution in [2.45, 2.75) is 24.8 Å². The lowest BCUT2D eigenvalue weighted by molar-refractivity contribution is 0.261. The molecule has 0 aromatic heterocycles. The van der Waals surface area contributed by atoms with E-state index in [9.17, 15) is 8.42 Å². The number of nitrogens with two attached hydrogens (primary N) is 1. The molecule has 0 radical (unpaired) electrons. The molecule has 1 rings (SSSR count). The molecular weight excluding hydrogens is 232 g/mol. The van der Waals surface area contributed by atoms with Crippen LogP contribution in [0.3, 0.4) is 0 Å². The van der Waals surface area contributed by atoms with Gasteiger partial charge in [0.25, 0.3) is 0 Å². The van der Waals surface area contributed by atoms with Gasteiger partial charge in [-0.1, -0.05) is 0 Å². The average Bonchev–Trinajstić information content (AvgIpc) is 2.13. The quantitative estimate of drug-likeness (QED) is 0.771. The van der Waals surface area contributed by atoms with Crippen LogP contribution in [-0.2, 0) is 9.84 Å². The highest BCUT2D eigenvalue weighted by molar-refractivity contribution is 8.00. The first kappa shape index (κ1) is 13.3. The highest BCUT2D eigenvalue weighted by Gasteiger charge is 2.30. The summed E-state index contributed by atoms with van der Waals surface area (Å²) >= 11 is 1.72. The van der Waals surface area contributed by atoms with Crippen LogP contribution in [-0.4, -0.2) is 55.6 Å². The summed E-state index contributed by atoms with van der Waals surface area (Å²) in [4.78, 5) is 2.05. The molecular formula is C9H20N2O2S2. The van der Waals surface area contributed by atoms with Gasteiger partial charge in [0.2, 0.25) is 0 Å². The first-order valence-electron chi connectivity index (χ1n) is 5.17. The predicted octanol–water partition coefficient (Wildman–Crippen LogP) is 0.143. The van der Waals surface area contributed by atoms with E-state index in [0.717, 1.165) is 25.3 Å². The number of sulfone groups is 1. The second-order valence-electron chi connectivity index (χ2n) is 4.16. The molecule has 0 aromatic carbocycles. The molecule has 0 aliphatic carbocycles. The minimum Gasteiger partial charge on any atom is -0.328 e. The maximum absolute atomic E-state index is 11.6. The smallest absolute Gasteiger partial charge is 0.164 e. The number of hydrogen-bond donors (Lipinski definition) is 1. The van der Waals surface area contributed by atoms with E-state index in [4.69, 9.17) is 5.73 Å². The minimum atomic E-state index is -2.96. The Morgan fingerprint density at radius 2 is 2.27 bits per heavy atom. The molecule has 1 fully saturated rings. The highest BCUT2D eigenvalue weighted by atomic mass is 32.2. The normalized spacial score (nSPS) is 26.5. The van der Waals surface area contributed by atoms with Crippen molar-refractivity contribution in [2.24, 2.45) is 5.73 Å². The molecule has 4 nitrogen and oxygen atoms in total. The van der Waals surface area contributed by atoms with E-state index in [1.807, 2.05) is 6.92 Å². The third-order valence-electron chi connectivity index (χ3n) is 2.56. The number of rotatable bonds is 4. The van der Waals surface area contributed by atoms with Crippen molar-refractivity contribution in [3.63, 3.8) is 0 Å². The molecule has 0 aromatic rings. The van der Waals surface area contributed by atoms with E-state index in [-0.39, 0.29) is 11.4 Å². The van der Waals surface area contributed by atoms with Crippen molar-refractivity contribution in [1.82, 2.24) is 4.90 Å². The first-order chi connectivity index (χ1) is 6.91. The number of thioether (sulfide) groups is 1. The van der Waals surface area contributed by atoms with E-state index >= 15 is 0 Å². The topological polar surface area (TPSA) is 63.4 Å². The Kier molecular flexibility index (Phi) is 4.89. The summed E-state index contributed by atoms with van der Waals surface area (Å²) in [5.74, 6) is 1.71. The predicted molar refractivity (Wildman–Crippen MR) is 65.8 cm³/mol. The summed E-state index contributed by atoms with van der Waals surface area (Å²) in [5, 5.41) is -0.310. The molecule has 1 saturated heterocycles. The first-order valence-corrected chi connectivity index (χ1v) is 8.28. The molecule has 2 N–H and O–H groups in total. The lowest BCUT2D eigenvalue weighted by atomic mass is 10.2. The second kappa shape index (κ2) is 5.52. The molecule has 6 heteroatoms. The van der Waals surface area contributed by atoms with E-state index in [1.165, 1.54) is 6.26 Å². The molecule has 90 valence electrons. The van der Waals surface area contributed by atoms with Gasteiger partial charge in [0.15, 0.2) is 9.84 Å². The van der Waals surface area contributed by atoms with Gasteiger partial charge in [0.1, 0.15) is 5.37 Å². The van der Waals surface area contributed by atoms with Gasteiger partial charge in [-0.25, -0.2) is 8.42 Å². The maximum Gasteiger partial charge on any atom is 0.164 e. The van der Waals surface area contributed by atoms with E-state index in [1.54, 1.807) is 11.8 Å². The maximum atomic E-state index is 11.6. The highest BCUT2D eigenvalue weighted by Crippen LogP contribution is 2.20. The average molecular weight is 252 g/mol. The zero-order valence-electron chi connectivity index (χ0n) is 9.35. The number of nitrogens with zero attached hydrogens (tertiary/aromatic N) is 1. The van der Waals surface area contributed by atoms with Crippen LogP contribution in [0.15, 0.2) is 0 Å². The molecule has 0 amide bonds. The number of hydrogen-bond acceptors (Lipinski definition) is 5. The third kappa shape index (κ3) is 4.30. The SMILES string of the molecule is CC(N)CCN1CCSCC1S(C)(=O)=O. The molecule has 1 aliphatic rings. The fraction of sp³-hybridized carbons (Fsp3) is 1.00. The molecule has 0 bridgehead atoms. The molecule has 2 unspecified atom stereocenters. The van der Waals surface area contributed by atoms with Crippen LogP contribution < -0.4 is 5.73 Å². The van der Waals surface area contributed by atoms with Crippen molar-refractivity contribution in [3.8, 4) is 0 Å². The van der Waals surface area contributed by atoms with Gasteiger partial charge < -0.3 is 5.73 Å². The van der Waals surface area contributed by atoms with Crippen molar-refractivity contribution in [3.05, 3.63) is 0 Å². The summed E-state index contributed by atoms with van der Waals surface area (Å²) in [5.41, 5.74) is 5.68. The monoisotopic (exact) mass is 252 g/mol. The Morgan fingerprint density at radius 3 is 2.80 bits per heavy atom. The summed E-state index contributed by atoms with van der Waals surface area (Å²) in [6.07, 6.45) is 2.18. The third-order valence-corrected chi connectivity index (χ3v) is 5.24. The molecule has 1 aliphatic heterocycles. The van der Waals surface area contributed by atoms with E-state index in [2.05, 4.69) is 4.90 Å². The van der Waals surface area contributed by atoms with Crippen molar-refractivity contribution >= 4 is 21.6 Å². The van der Waals surface area contributed by atoms with Crippen LogP contribution in [0.4, 0.5) is 0 Å². The Hall–Kier alpha value is 0.220. The molecule has 1 heterocycles. The van der Waals surface area contributed by atoms with Gasteiger partial charge in [-0.05, 0) is 13.3 Å². The van der Waals surface area contributed by atoms with Crippen LogP contribution in [0.25, 0.3) is 0 Å². The van der Waals surface area contributed by atoms with Crippen LogP contribution in [0, 0.1) is 0 Å². The molecule has 0 saturated carbocycles. The Morgan fingerprint density at radius 1 is 1.60 bits per heavy atom. The van der Waals surface area contributed by atoms with Crippen molar-refractivity contribution in [1.29, 1.82) is 0 Å². The van der Waals surface area contributed by atoms with Crippen molar-refractivity contribution < 1.29 is 8.42 Å². The van der Waals surface area contributed by atoms with Gasteiger partial charge in [-0.3, -0.25) is 4.90 Å². The zero-order chi connectivity index (χ0) is 11.5. The van der Waals surface area contributed by atoms with Crippen LogP contribution in [0.2, 0.25) is 0 Å². The van der Waals surface area contributed by atoms with Gasteiger partial charge >= 0.3 is 0 Å². The van der Waals surface area contributed by atoms with E-state index < -0.39 is 9.84 Å². The lowest BCUT2D eigenvalue weighted by Crippen LogP contribution is -2.47. The van der Waals surface area contributed by atoms with E-state index in [0.29, 0.717) is 5.75 Å². The fourth-order valence-electron chi connectivity index (χ4n) is 1.63. The summed E-state index contributed by atoms with van der Waals surface area (Å²) in [6.45, 7) is 3.60. The standard InChI is InChI=1S/C9H20N2O2S2/c1-8(10)3-4-11-5-6-14-7-9(11)15(2,12)13/h8-9H,3-7,10H2,1-2H3. The fourth-order valence-corrected chi connectivity index (χ4v) is 4.61. The molecule has 2 atom stereocenters. The second-order valence-corrected chi connectivity index (χ2v) is 7.51. The molecule has 15 heavy (non-hydrogen) atoms. The summed E-state index contributed by atoms with van der Waals surface area (Å²) in [6, 6.07) is 0.139. The Balaban J connectivity index is 2.58.